The van der Waals surface area contributed by atoms with Crippen molar-refractivity contribution in [3.05, 3.63) is 41.5 Å². The van der Waals surface area contributed by atoms with Crippen LogP contribution >= 0.6 is 0 Å². The van der Waals surface area contributed by atoms with E-state index in [0.717, 1.165) is 18.4 Å². The molecule has 4 nitrogen and oxygen atoms in total. The number of rotatable bonds is 2. The largest absolute Gasteiger partial charge is 0.347 e. The Balaban J connectivity index is 1.55. The molecule has 3 rings (SSSR count). The highest BCUT2D eigenvalue weighted by Gasteiger charge is 2.40. The van der Waals surface area contributed by atoms with Crippen LogP contribution in [0.3, 0.4) is 0 Å². The summed E-state index contributed by atoms with van der Waals surface area (Å²) in [5, 5.41) is 0. The zero-order valence-corrected chi connectivity index (χ0v) is 12.4. The van der Waals surface area contributed by atoms with E-state index < -0.39 is 5.79 Å². The van der Waals surface area contributed by atoms with Gasteiger partial charge >= 0.3 is 0 Å². The van der Waals surface area contributed by atoms with Gasteiger partial charge in [-0.25, -0.2) is 0 Å². The summed E-state index contributed by atoms with van der Waals surface area (Å²) in [6.07, 6.45) is 5.04. The summed E-state index contributed by atoms with van der Waals surface area (Å²) in [5.74, 6) is -0.360. The summed E-state index contributed by atoms with van der Waals surface area (Å²) < 4.78 is 11.3. The van der Waals surface area contributed by atoms with E-state index in [1.165, 1.54) is 5.56 Å². The van der Waals surface area contributed by atoms with Crippen molar-refractivity contribution in [1.82, 2.24) is 4.90 Å². The lowest BCUT2D eigenvalue weighted by molar-refractivity contribution is -0.186. The van der Waals surface area contributed by atoms with Crippen LogP contribution in [-0.4, -0.2) is 42.9 Å². The number of amides is 1. The number of carbonyl (C=O) groups excluding carboxylic acids is 1. The number of hydrogen-bond acceptors (Lipinski definition) is 3. The molecule has 2 saturated heterocycles. The molecule has 4 heteroatoms. The molecule has 2 aliphatic heterocycles. The van der Waals surface area contributed by atoms with Crippen LogP contribution in [0.4, 0.5) is 0 Å². The van der Waals surface area contributed by atoms with Crippen molar-refractivity contribution in [2.24, 2.45) is 0 Å². The predicted molar refractivity (Wildman–Crippen MR) is 80.7 cm³/mol. The van der Waals surface area contributed by atoms with Crippen molar-refractivity contribution in [3.8, 4) is 0 Å². The summed E-state index contributed by atoms with van der Waals surface area (Å²) in [6.45, 7) is 4.77. The standard InChI is InChI=1S/C17H21NO3/c1-14-2-4-15(5-3-14)6-7-16(19)18-10-8-17(9-11-18)20-12-13-21-17/h2-7H,8-13H2,1H3/b7-6+. The van der Waals surface area contributed by atoms with Gasteiger partial charge in [-0.15, -0.1) is 0 Å². The minimum Gasteiger partial charge on any atom is -0.347 e. The van der Waals surface area contributed by atoms with E-state index in [-0.39, 0.29) is 5.91 Å². The van der Waals surface area contributed by atoms with Crippen molar-refractivity contribution in [2.45, 2.75) is 25.6 Å². The molecule has 0 aliphatic carbocycles. The fourth-order valence-electron chi connectivity index (χ4n) is 2.80. The first-order valence-electron chi connectivity index (χ1n) is 7.48. The van der Waals surface area contributed by atoms with Gasteiger partial charge < -0.3 is 14.4 Å². The zero-order chi connectivity index (χ0) is 14.7. The van der Waals surface area contributed by atoms with Gasteiger partial charge in [-0.3, -0.25) is 4.79 Å². The van der Waals surface area contributed by atoms with Crippen molar-refractivity contribution < 1.29 is 14.3 Å². The van der Waals surface area contributed by atoms with Crippen LogP contribution in [0.1, 0.15) is 24.0 Å². The lowest BCUT2D eigenvalue weighted by atomic mass is 10.0. The van der Waals surface area contributed by atoms with Crippen LogP contribution in [0.2, 0.25) is 0 Å². The van der Waals surface area contributed by atoms with Crippen LogP contribution in [0.15, 0.2) is 30.3 Å². The highest BCUT2D eigenvalue weighted by atomic mass is 16.7. The minimum absolute atomic E-state index is 0.0587. The molecule has 0 unspecified atom stereocenters. The predicted octanol–water partition coefficient (Wildman–Crippen LogP) is 2.37. The summed E-state index contributed by atoms with van der Waals surface area (Å²) >= 11 is 0. The smallest absolute Gasteiger partial charge is 0.246 e. The second-order valence-corrected chi connectivity index (χ2v) is 5.68. The Morgan fingerprint density at radius 2 is 1.76 bits per heavy atom. The Morgan fingerprint density at radius 1 is 1.14 bits per heavy atom. The van der Waals surface area contributed by atoms with Gasteiger partial charge in [-0.05, 0) is 18.6 Å². The van der Waals surface area contributed by atoms with Crippen molar-refractivity contribution in [1.29, 1.82) is 0 Å². The summed E-state index contributed by atoms with van der Waals surface area (Å²) in [4.78, 5) is 14.1. The first-order chi connectivity index (χ1) is 10.2. The van der Waals surface area contributed by atoms with Gasteiger partial charge in [-0.1, -0.05) is 29.8 Å². The Morgan fingerprint density at radius 3 is 2.38 bits per heavy atom. The van der Waals surface area contributed by atoms with E-state index in [1.54, 1.807) is 6.08 Å². The van der Waals surface area contributed by atoms with Gasteiger partial charge in [0.25, 0.3) is 0 Å². The molecular weight excluding hydrogens is 266 g/mol. The van der Waals surface area contributed by atoms with Gasteiger partial charge in [0.05, 0.1) is 13.2 Å². The molecule has 0 bridgehead atoms. The third kappa shape index (κ3) is 3.34. The van der Waals surface area contributed by atoms with Crippen molar-refractivity contribution >= 4 is 12.0 Å². The van der Waals surface area contributed by atoms with Gasteiger partial charge in [0.2, 0.25) is 5.91 Å². The molecule has 1 amide bonds. The number of nitrogens with zero attached hydrogens (tertiary/aromatic N) is 1. The monoisotopic (exact) mass is 287 g/mol. The maximum atomic E-state index is 12.2. The third-order valence-corrected chi connectivity index (χ3v) is 4.15. The molecule has 2 fully saturated rings. The molecule has 21 heavy (non-hydrogen) atoms. The van der Waals surface area contributed by atoms with E-state index in [9.17, 15) is 4.79 Å². The number of carbonyl (C=O) groups is 1. The van der Waals surface area contributed by atoms with Crippen LogP contribution in [0.5, 0.6) is 0 Å². The fraction of sp³-hybridized carbons (Fsp3) is 0.471. The van der Waals surface area contributed by atoms with E-state index in [2.05, 4.69) is 6.92 Å². The number of benzene rings is 1. The van der Waals surface area contributed by atoms with Gasteiger partial charge in [-0.2, -0.15) is 0 Å². The fourth-order valence-corrected chi connectivity index (χ4v) is 2.80. The maximum Gasteiger partial charge on any atom is 0.246 e. The molecule has 0 radical (unpaired) electrons. The molecule has 1 aromatic rings. The Bertz CT molecular complexity index is 519. The molecule has 0 aromatic heterocycles. The van der Waals surface area contributed by atoms with Crippen molar-refractivity contribution in [2.75, 3.05) is 26.3 Å². The van der Waals surface area contributed by atoms with E-state index in [0.29, 0.717) is 26.3 Å². The van der Waals surface area contributed by atoms with Crippen LogP contribution < -0.4 is 0 Å². The molecule has 0 N–H and O–H groups in total. The normalized spacial score (nSPS) is 21.3. The quantitative estimate of drug-likeness (QED) is 0.784. The molecule has 1 spiro atoms. The maximum absolute atomic E-state index is 12.2. The van der Waals surface area contributed by atoms with Crippen molar-refractivity contribution in [3.63, 3.8) is 0 Å². The number of aryl methyl sites for hydroxylation is 1. The average Bonchev–Trinajstić information content (AvgIpc) is 2.95. The second-order valence-electron chi connectivity index (χ2n) is 5.68. The van der Waals surface area contributed by atoms with E-state index in [1.807, 2.05) is 35.2 Å². The SMILES string of the molecule is Cc1ccc(/C=C/C(=O)N2CCC3(CC2)OCCO3)cc1. The molecule has 0 saturated carbocycles. The highest BCUT2D eigenvalue weighted by molar-refractivity contribution is 5.91. The van der Waals surface area contributed by atoms with Gasteiger partial charge in [0.1, 0.15) is 0 Å². The number of hydrogen-bond donors (Lipinski definition) is 0. The Labute approximate surface area is 125 Å². The first kappa shape index (κ1) is 14.3. The number of likely N-dealkylation sites (tertiary alicyclic amines) is 1. The van der Waals surface area contributed by atoms with Crippen LogP contribution in [0.25, 0.3) is 6.08 Å². The lowest BCUT2D eigenvalue weighted by Gasteiger charge is -2.37. The van der Waals surface area contributed by atoms with E-state index >= 15 is 0 Å². The molecule has 0 atom stereocenters. The Kier molecular flexibility index (Phi) is 4.08. The molecule has 2 heterocycles. The van der Waals surface area contributed by atoms with Gasteiger partial charge in [0.15, 0.2) is 5.79 Å². The molecule has 2 aliphatic rings. The lowest BCUT2D eigenvalue weighted by Crippen LogP contribution is -2.46. The minimum atomic E-state index is -0.419. The Hall–Kier alpha value is -1.65. The first-order valence-corrected chi connectivity index (χ1v) is 7.48. The second kappa shape index (κ2) is 6.00. The number of ether oxygens (including phenoxy) is 2. The topological polar surface area (TPSA) is 38.8 Å². The van der Waals surface area contributed by atoms with Gasteiger partial charge in [0, 0.05) is 32.0 Å². The highest BCUT2D eigenvalue weighted by Crippen LogP contribution is 2.31. The van der Waals surface area contributed by atoms with Crippen LogP contribution in [0, 0.1) is 6.92 Å². The third-order valence-electron chi connectivity index (χ3n) is 4.15. The molecule has 112 valence electrons. The zero-order valence-electron chi connectivity index (χ0n) is 12.4. The number of piperidine rings is 1. The summed E-state index contributed by atoms with van der Waals surface area (Å²) in [6, 6.07) is 8.13. The summed E-state index contributed by atoms with van der Waals surface area (Å²) in [5.41, 5.74) is 2.27. The van der Waals surface area contributed by atoms with Crippen LogP contribution in [-0.2, 0) is 14.3 Å². The average molecular weight is 287 g/mol. The van der Waals surface area contributed by atoms with E-state index in [4.69, 9.17) is 9.47 Å². The summed E-state index contributed by atoms with van der Waals surface area (Å²) in [7, 11) is 0. The molecule has 1 aromatic carbocycles. The molecular formula is C17H21NO3.